The number of nitrogens with one attached hydrogen (secondary N) is 1. The molecule has 1 aliphatic rings. The van der Waals surface area contributed by atoms with Crippen molar-refractivity contribution >= 4 is 11.5 Å². The third-order valence-corrected chi connectivity index (χ3v) is 3.06. The van der Waals surface area contributed by atoms with E-state index >= 15 is 0 Å². The molecule has 0 atom stereocenters. The van der Waals surface area contributed by atoms with Gasteiger partial charge in [-0.25, -0.2) is 0 Å². The fourth-order valence-electron chi connectivity index (χ4n) is 1.91. The van der Waals surface area contributed by atoms with Crippen molar-refractivity contribution in [1.29, 1.82) is 0 Å². The lowest BCUT2D eigenvalue weighted by Crippen LogP contribution is -2.41. The summed E-state index contributed by atoms with van der Waals surface area (Å²) in [6, 6.07) is 3.74. The van der Waals surface area contributed by atoms with Crippen LogP contribution in [0.25, 0.3) is 0 Å². The Hall–Kier alpha value is -1.45. The zero-order chi connectivity index (χ0) is 11.6. The van der Waals surface area contributed by atoms with E-state index in [0.29, 0.717) is 18.2 Å². The summed E-state index contributed by atoms with van der Waals surface area (Å²) in [5.74, 6) is 1.37. The molecule has 1 aliphatic carbocycles. The van der Waals surface area contributed by atoms with E-state index in [0.717, 1.165) is 5.82 Å². The predicted molar refractivity (Wildman–Crippen MR) is 65.7 cm³/mol. The number of aromatic nitrogens is 1. The zero-order valence-electron chi connectivity index (χ0n) is 9.92. The van der Waals surface area contributed by atoms with Crippen LogP contribution in [0.4, 0.5) is 11.5 Å². The van der Waals surface area contributed by atoms with Crippen molar-refractivity contribution in [3.05, 3.63) is 12.1 Å². The Bertz CT molecular complexity index is 375. The van der Waals surface area contributed by atoms with E-state index in [-0.39, 0.29) is 5.54 Å². The molecule has 1 aromatic rings. The summed E-state index contributed by atoms with van der Waals surface area (Å²) in [5, 5.41) is 3.43. The standard InChI is InChI=1S/C12H19N3O/c1-3-16-11-9(13)5-6-10(14-11)15-12(2)7-4-8-12/h5-6H,3-4,7-8,13H2,1-2H3,(H,14,15). The van der Waals surface area contributed by atoms with Crippen LogP contribution in [0.2, 0.25) is 0 Å². The summed E-state index contributed by atoms with van der Waals surface area (Å²) in [6.45, 7) is 4.72. The second kappa shape index (κ2) is 4.20. The molecule has 1 saturated carbocycles. The number of pyridine rings is 1. The average molecular weight is 221 g/mol. The highest BCUT2D eigenvalue weighted by Crippen LogP contribution is 2.34. The van der Waals surface area contributed by atoms with Crippen LogP contribution in [0.1, 0.15) is 33.1 Å². The van der Waals surface area contributed by atoms with E-state index in [2.05, 4.69) is 17.2 Å². The van der Waals surface area contributed by atoms with Gasteiger partial charge in [-0.15, -0.1) is 0 Å². The molecule has 0 radical (unpaired) electrons. The van der Waals surface area contributed by atoms with Crippen molar-refractivity contribution in [2.24, 2.45) is 0 Å². The van der Waals surface area contributed by atoms with Crippen LogP contribution in [0.5, 0.6) is 5.88 Å². The average Bonchev–Trinajstić information content (AvgIpc) is 2.21. The maximum Gasteiger partial charge on any atom is 0.239 e. The molecule has 0 aromatic carbocycles. The van der Waals surface area contributed by atoms with E-state index in [4.69, 9.17) is 10.5 Å². The second-order valence-electron chi connectivity index (χ2n) is 4.56. The van der Waals surface area contributed by atoms with Crippen LogP contribution in [0, 0.1) is 0 Å². The molecular formula is C12H19N3O. The molecule has 1 aromatic heterocycles. The van der Waals surface area contributed by atoms with Crippen LogP contribution >= 0.6 is 0 Å². The van der Waals surface area contributed by atoms with Crippen molar-refractivity contribution in [2.75, 3.05) is 17.7 Å². The Morgan fingerprint density at radius 1 is 1.50 bits per heavy atom. The Morgan fingerprint density at radius 2 is 2.25 bits per heavy atom. The number of rotatable bonds is 4. The van der Waals surface area contributed by atoms with Crippen molar-refractivity contribution in [2.45, 2.75) is 38.6 Å². The molecule has 0 amide bonds. The van der Waals surface area contributed by atoms with Gasteiger partial charge >= 0.3 is 0 Å². The molecule has 4 heteroatoms. The van der Waals surface area contributed by atoms with Gasteiger partial charge in [0.25, 0.3) is 0 Å². The zero-order valence-corrected chi connectivity index (χ0v) is 9.92. The minimum Gasteiger partial charge on any atom is -0.476 e. The van der Waals surface area contributed by atoms with E-state index in [1.54, 1.807) is 0 Å². The van der Waals surface area contributed by atoms with Gasteiger partial charge in [0, 0.05) is 5.54 Å². The lowest BCUT2D eigenvalue weighted by molar-refractivity contribution is 0.303. The highest BCUT2D eigenvalue weighted by molar-refractivity contribution is 5.54. The largest absolute Gasteiger partial charge is 0.476 e. The van der Waals surface area contributed by atoms with Crippen LogP contribution in [0.3, 0.4) is 0 Å². The lowest BCUT2D eigenvalue weighted by atomic mass is 9.78. The molecule has 3 N–H and O–H groups in total. The van der Waals surface area contributed by atoms with E-state index in [1.165, 1.54) is 19.3 Å². The van der Waals surface area contributed by atoms with Crippen LogP contribution < -0.4 is 15.8 Å². The first-order valence-electron chi connectivity index (χ1n) is 5.80. The quantitative estimate of drug-likeness (QED) is 0.819. The monoisotopic (exact) mass is 221 g/mol. The Kier molecular flexibility index (Phi) is 2.90. The van der Waals surface area contributed by atoms with Crippen LogP contribution in [-0.4, -0.2) is 17.1 Å². The van der Waals surface area contributed by atoms with Crippen molar-refractivity contribution in [3.8, 4) is 5.88 Å². The molecule has 4 nitrogen and oxygen atoms in total. The third-order valence-electron chi connectivity index (χ3n) is 3.06. The topological polar surface area (TPSA) is 60.2 Å². The molecule has 0 aliphatic heterocycles. The minimum absolute atomic E-state index is 0.201. The first-order valence-corrected chi connectivity index (χ1v) is 5.80. The molecular weight excluding hydrogens is 202 g/mol. The SMILES string of the molecule is CCOc1nc(NC2(C)CCC2)ccc1N. The molecule has 0 unspecified atom stereocenters. The first-order chi connectivity index (χ1) is 7.63. The van der Waals surface area contributed by atoms with Gasteiger partial charge in [0.1, 0.15) is 5.82 Å². The van der Waals surface area contributed by atoms with E-state index in [1.807, 2.05) is 19.1 Å². The summed E-state index contributed by atoms with van der Waals surface area (Å²) < 4.78 is 5.37. The second-order valence-corrected chi connectivity index (χ2v) is 4.56. The summed E-state index contributed by atoms with van der Waals surface area (Å²) in [6.07, 6.45) is 3.68. The van der Waals surface area contributed by atoms with Gasteiger partial charge in [-0.1, -0.05) is 0 Å². The number of nitrogens with zero attached hydrogens (tertiary/aromatic N) is 1. The third kappa shape index (κ3) is 2.21. The summed E-state index contributed by atoms with van der Waals surface area (Å²) in [4.78, 5) is 4.37. The predicted octanol–water partition coefficient (Wildman–Crippen LogP) is 2.42. The molecule has 2 rings (SSSR count). The van der Waals surface area contributed by atoms with Gasteiger partial charge in [-0.3, -0.25) is 0 Å². The Morgan fingerprint density at radius 3 is 2.81 bits per heavy atom. The smallest absolute Gasteiger partial charge is 0.239 e. The van der Waals surface area contributed by atoms with Crippen molar-refractivity contribution in [3.63, 3.8) is 0 Å². The molecule has 1 heterocycles. The van der Waals surface area contributed by atoms with Gasteiger partial charge in [-0.05, 0) is 45.2 Å². The summed E-state index contributed by atoms with van der Waals surface area (Å²) >= 11 is 0. The fraction of sp³-hybridized carbons (Fsp3) is 0.583. The van der Waals surface area contributed by atoms with E-state index in [9.17, 15) is 0 Å². The summed E-state index contributed by atoms with van der Waals surface area (Å²) in [5.41, 5.74) is 6.56. The fourth-order valence-corrected chi connectivity index (χ4v) is 1.91. The maximum absolute atomic E-state index is 5.77. The Balaban J connectivity index is 2.12. The van der Waals surface area contributed by atoms with E-state index < -0.39 is 0 Å². The number of ether oxygens (including phenoxy) is 1. The first kappa shape index (κ1) is 11.0. The summed E-state index contributed by atoms with van der Waals surface area (Å²) in [7, 11) is 0. The minimum atomic E-state index is 0.201. The van der Waals surface area contributed by atoms with Gasteiger partial charge < -0.3 is 15.8 Å². The molecule has 0 bridgehead atoms. The molecule has 88 valence electrons. The lowest BCUT2D eigenvalue weighted by Gasteiger charge is -2.39. The van der Waals surface area contributed by atoms with Gasteiger partial charge in [0.15, 0.2) is 0 Å². The Labute approximate surface area is 96.2 Å². The number of nitrogen functional groups attached to an aromatic ring is 1. The molecule has 0 spiro atoms. The van der Waals surface area contributed by atoms with Crippen molar-refractivity contribution < 1.29 is 4.74 Å². The number of hydrogen-bond donors (Lipinski definition) is 2. The highest BCUT2D eigenvalue weighted by Gasteiger charge is 2.31. The molecule has 1 fully saturated rings. The van der Waals surface area contributed by atoms with Gasteiger partial charge in [0.05, 0.1) is 12.3 Å². The number of hydrogen-bond acceptors (Lipinski definition) is 4. The number of nitrogens with two attached hydrogens (primary N) is 1. The van der Waals surface area contributed by atoms with Crippen LogP contribution in [0.15, 0.2) is 12.1 Å². The highest BCUT2D eigenvalue weighted by atomic mass is 16.5. The number of anilines is 2. The molecule has 0 saturated heterocycles. The van der Waals surface area contributed by atoms with Gasteiger partial charge in [-0.2, -0.15) is 4.98 Å². The molecule has 16 heavy (non-hydrogen) atoms. The van der Waals surface area contributed by atoms with Crippen LogP contribution in [-0.2, 0) is 0 Å². The maximum atomic E-state index is 5.77. The normalized spacial score (nSPS) is 17.6. The van der Waals surface area contributed by atoms with Crippen molar-refractivity contribution in [1.82, 2.24) is 4.98 Å². The van der Waals surface area contributed by atoms with Gasteiger partial charge in [0.2, 0.25) is 5.88 Å².